The molecule has 1 aliphatic heterocycles. The summed E-state index contributed by atoms with van der Waals surface area (Å²) in [7, 11) is 0. The molecule has 1 N–H and O–H groups in total. The molecule has 0 aromatic heterocycles. The molecule has 5 atom stereocenters. The predicted octanol–water partition coefficient (Wildman–Crippen LogP) is 4.29. The molecule has 1 saturated heterocycles. The highest BCUT2D eigenvalue weighted by molar-refractivity contribution is 6.14. The number of aliphatic hydroxyl groups is 1. The number of Topliss-reactive ketones (excluding diaryl/α,β-unsaturated/α-hetero) is 2. The van der Waals surface area contributed by atoms with Crippen LogP contribution >= 0.6 is 0 Å². The number of allylic oxidation sites excluding steroid dienone is 1. The fourth-order valence-corrected chi connectivity index (χ4v) is 7.23. The van der Waals surface area contributed by atoms with E-state index in [2.05, 4.69) is 13.2 Å². The van der Waals surface area contributed by atoms with Gasteiger partial charge in [0.25, 0.3) is 0 Å². The third-order valence-electron chi connectivity index (χ3n) is 9.28. The first-order valence-electron chi connectivity index (χ1n) is 13.1. The van der Waals surface area contributed by atoms with Gasteiger partial charge in [-0.3, -0.25) is 14.4 Å². The minimum absolute atomic E-state index is 0.00288. The minimum Gasteiger partial charge on any atom is -0.504 e. The summed E-state index contributed by atoms with van der Waals surface area (Å²) in [6.45, 7) is 17.0. The Morgan fingerprint density at radius 2 is 1.76 bits per heavy atom. The van der Waals surface area contributed by atoms with E-state index >= 15 is 0 Å². The highest BCUT2D eigenvalue weighted by atomic mass is 16.6. The summed E-state index contributed by atoms with van der Waals surface area (Å²) in [6, 6.07) is 0. The second-order valence-electron chi connectivity index (χ2n) is 11.3. The Kier molecular flexibility index (Phi) is 6.83. The lowest BCUT2D eigenvalue weighted by molar-refractivity contribution is -0.158. The van der Waals surface area contributed by atoms with Crippen molar-refractivity contribution in [2.24, 2.45) is 16.2 Å². The molecule has 38 heavy (non-hydrogen) atoms. The van der Waals surface area contributed by atoms with Gasteiger partial charge in [-0.1, -0.05) is 32.9 Å². The molecule has 0 aromatic carbocycles. The van der Waals surface area contributed by atoms with Crippen LogP contribution in [0.5, 0.6) is 0 Å². The van der Waals surface area contributed by atoms with E-state index in [1.165, 1.54) is 6.92 Å². The number of nitrogens with zero attached hydrogens (tertiary/aromatic N) is 1. The normalized spacial score (nSPS) is 35.4. The molecule has 8 heteroatoms. The molecule has 0 bridgehead atoms. The van der Waals surface area contributed by atoms with Gasteiger partial charge < -0.3 is 19.5 Å². The summed E-state index contributed by atoms with van der Waals surface area (Å²) in [5.74, 6) is -2.37. The number of carbonyl (C=O) groups is 4. The van der Waals surface area contributed by atoms with Crippen LogP contribution in [0.3, 0.4) is 0 Å². The average molecular weight is 524 g/mol. The third kappa shape index (κ3) is 3.63. The topological polar surface area (TPSA) is 110 Å². The van der Waals surface area contributed by atoms with E-state index in [-0.39, 0.29) is 29.8 Å². The SMILES string of the molecule is C=CCN(/C=C1/C(=O)O[C@H](CC)[C@@]2(C)C1=C(O)C(=O)C1=C2[C@H](OC(C)=O)C[C@]2(C)C(=O)CC[C@@]12C)CC=C. The zero-order valence-corrected chi connectivity index (χ0v) is 22.9. The van der Waals surface area contributed by atoms with Crippen molar-refractivity contribution in [1.29, 1.82) is 0 Å². The number of cyclic esters (lactones) is 1. The number of ether oxygens (including phenoxy) is 2. The Balaban J connectivity index is 2.05. The number of esters is 2. The summed E-state index contributed by atoms with van der Waals surface area (Å²) in [5.41, 5.74) is -1.96. The lowest BCUT2D eigenvalue weighted by Crippen LogP contribution is -2.58. The van der Waals surface area contributed by atoms with Gasteiger partial charge in [-0.25, -0.2) is 4.79 Å². The molecule has 0 radical (unpaired) electrons. The van der Waals surface area contributed by atoms with Crippen molar-refractivity contribution in [3.05, 3.63) is 59.6 Å². The van der Waals surface area contributed by atoms with Gasteiger partial charge in [0.1, 0.15) is 18.0 Å². The molecular formula is C30H37NO7. The molecule has 2 fully saturated rings. The molecule has 4 rings (SSSR count). The fraction of sp³-hybridized carbons (Fsp3) is 0.533. The molecule has 0 unspecified atom stereocenters. The Morgan fingerprint density at radius 1 is 1.13 bits per heavy atom. The smallest absolute Gasteiger partial charge is 0.340 e. The second-order valence-corrected chi connectivity index (χ2v) is 11.3. The molecule has 8 nitrogen and oxygen atoms in total. The van der Waals surface area contributed by atoms with Crippen molar-refractivity contribution in [1.82, 2.24) is 4.90 Å². The van der Waals surface area contributed by atoms with Gasteiger partial charge in [-0.05, 0) is 25.3 Å². The number of hydrogen-bond donors (Lipinski definition) is 1. The zero-order chi connectivity index (χ0) is 28.2. The van der Waals surface area contributed by atoms with Crippen LogP contribution in [0.1, 0.15) is 60.3 Å². The van der Waals surface area contributed by atoms with Crippen LogP contribution in [0.25, 0.3) is 0 Å². The van der Waals surface area contributed by atoms with Crippen molar-refractivity contribution in [2.75, 3.05) is 13.1 Å². The number of ketones is 2. The number of hydrogen-bond acceptors (Lipinski definition) is 8. The van der Waals surface area contributed by atoms with E-state index in [4.69, 9.17) is 9.47 Å². The van der Waals surface area contributed by atoms with Gasteiger partial charge in [0.15, 0.2) is 5.76 Å². The van der Waals surface area contributed by atoms with Crippen molar-refractivity contribution >= 4 is 23.5 Å². The summed E-state index contributed by atoms with van der Waals surface area (Å²) < 4.78 is 11.8. The molecule has 0 amide bonds. The Morgan fingerprint density at radius 3 is 2.32 bits per heavy atom. The molecule has 1 saturated carbocycles. The summed E-state index contributed by atoms with van der Waals surface area (Å²) >= 11 is 0. The average Bonchev–Trinajstić information content (AvgIpc) is 3.08. The van der Waals surface area contributed by atoms with Crippen LogP contribution in [0, 0.1) is 16.2 Å². The summed E-state index contributed by atoms with van der Waals surface area (Å²) in [4.78, 5) is 54.8. The van der Waals surface area contributed by atoms with Crippen molar-refractivity contribution in [3.8, 4) is 0 Å². The van der Waals surface area contributed by atoms with Crippen LogP contribution in [0.15, 0.2) is 59.6 Å². The molecule has 204 valence electrons. The van der Waals surface area contributed by atoms with Crippen LogP contribution in [0.2, 0.25) is 0 Å². The van der Waals surface area contributed by atoms with E-state index in [1.807, 2.05) is 27.7 Å². The first-order valence-corrected chi connectivity index (χ1v) is 13.1. The van der Waals surface area contributed by atoms with Crippen molar-refractivity contribution in [2.45, 2.75) is 72.5 Å². The maximum Gasteiger partial charge on any atom is 0.340 e. The highest BCUT2D eigenvalue weighted by Gasteiger charge is 2.68. The molecule has 0 spiro atoms. The quantitative estimate of drug-likeness (QED) is 0.299. The standard InChI is InChI=1S/C30H37NO7/c1-8-13-31(14-9-2)16-18-22-25(34)26(35)24-23(30(22,7)21(10-3)38-27(18)36)19(37-17(4)32)15-29(6)20(33)11-12-28(24,29)5/h8-9,16,19,21,34H,1-2,10-15H2,3-7H3/b18-16+/t19-,21-,28+,29-,30+/m1/s1. The van der Waals surface area contributed by atoms with E-state index in [0.717, 1.165) is 0 Å². The second kappa shape index (κ2) is 9.40. The Hall–Kier alpha value is -3.42. The largest absolute Gasteiger partial charge is 0.504 e. The first kappa shape index (κ1) is 27.6. The molecule has 4 aliphatic rings. The molecule has 1 heterocycles. The van der Waals surface area contributed by atoms with E-state index in [9.17, 15) is 24.3 Å². The Bertz CT molecular complexity index is 1230. The van der Waals surface area contributed by atoms with E-state index < -0.39 is 51.9 Å². The van der Waals surface area contributed by atoms with Gasteiger partial charge in [-0.15, -0.1) is 13.2 Å². The molecule has 3 aliphatic carbocycles. The van der Waals surface area contributed by atoms with Crippen LogP contribution in [0.4, 0.5) is 0 Å². The van der Waals surface area contributed by atoms with Gasteiger partial charge in [0.05, 0.1) is 11.0 Å². The summed E-state index contributed by atoms with van der Waals surface area (Å²) in [6.07, 6.45) is 4.58. The number of fused-ring (bicyclic) bond motifs is 4. The fourth-order valence-electron chi connectivity index (χ4n) is 7.23. The molecule has 0 aromatic rings. The Labute approximate surface area is 223 Å². The zero-order valence-electron chi connectivity index (χ0n) is 22.9. The summed E-state index contributed by atoms with van der Waals surface area (Å²) in [5, 5.41) is 11.6. The van der Waals surface area contributed by atoms with Gasteiger partial charge in [0.2, 0.25) is 5.78 Å². The minimum atomic E-state index is -1.17. The number of rotatable bonds is 7. The van der Waals surface area contributed by atoms with Gasteiger partial charge in [0, 0.05) is 61.0 Å². The lowest BCUT2D eigenvalue weighted by Gasteiger charge is -2.56. The monoisotopic (exact) mass is 523 g/mol. The van der Waals surface area contributed by atoms with E-state index in [1.54, 1.807) is 23.3 Å². The maximum absolute atomic E-state index is 14.1. The first-order chi connectivity index (χ1) is 17.8. The van der Waals surface area contributed by atoms with Crippen LogP contribution < -0.4 is 0 Å². The molecular weight excluding hydrogens is 486 g/mol. The van der Waals surface area contributed by atoms with Crippen LogP contribution in [-0.2, 0) is 28.7 Å². The lowest BCUT2D eigenvalue weighted by atomic mass is 9.48. The third-order valence-corrected chi connectivity index (χ3v) is 9.28. The van der Waals surface area contributed by atoms with E-state index in [0.29, 0.717) is 37.1 Å². The van der Waals surface area contributed by atoms with Gasteiger partial charge >= 0.3 is 11.9 Å². The number of carbonyl (C=O) groups excluding carboxylic acids is 4. The number of aliphatic hydroxyl groups excluding tert-OH is 1. The predicted molar refractivity (Wildman–Crippen MR) is 141 cm³/mol. The maximum atomic E-state index is 14.1. The van der Waals surface area contributed by atoms with Crippen LogP contribution in [-0.4, -0.2) is 58.8 Å². The highest BCUT2D eigenvalue weighted by Crippen LogP contribution is 2.67. The van der Waals surface area contributed by atoms with Crippen molar-refractivity contribution in [3.63, 3.8) is 0 Å². The van der Waals surface area contributed by atoms with Gasteiger partial charge in [-0.2, -0.15) is 0 Å². The van der Waals surface area contributed by atoms with Crippen molar-refractivity contribution < 1.29 is 33.8 Å².